The fraction of sp³-hybridized carbons (Fsp3) is 0.562. The molecule has 1 saturated heterocycles. The summed E-state index contributed by atoms with van der Waals surface area (Å²) in [4.78, 5) is 31.9. The first-order valence-corrected chi connectivity index (χ1v) is 9.13. The van der Waals surface area contributed by atoms with Crippen LogP contribution in [-0.4, -0.2) is 46.4 Å². The van der Waals surface area contributed by atoms with Crippen molar-refractivity contribution in [2.75, 3.05) is 26.2 Å². The first kappa shape index (κ1) is 19.8. The van der Waals surface area contributed by atoms with Crippen LogP contribution in [0.1, 0.15) is 24.2 Å². The number of hydrogen-bond donors (Lipinski definition) is 2. The summed E-state index contributed by atoms with van der Waals surface area (Å²) in [5.41, 5.74) is 7.07. The maximum atomic E-state index is 12.2. The van der Waals surface area contributed by atoms with Gasteiger partial charge in [-0.2, -0.15) is 0 Å². The molecule has 138 valence electrons. The van der Waals surface area contributed by atoms with Gasteiger partial charge in [-0.05, 0) is 26.3 Å². The maximum Gasteiger partial charge on any atom is 0.259 e. The summed E-state index contributed by atoms with van der Waals surface area (Å²) in [6.07, 6.45) is 1.87. The van der Waals surface area contributed by atoms with Gasteiger partial charge in [0, 0.05) is 43.3 Å². The molecule has 2 aromatic heterocycles. The molecule has 3 N–H and O–H groups in total. The van der Waals surface area contributed by atoms with Crippen molar-refractivity contribution < 1.29 is 4.79 Å². The Morgan fingerprint density at radius 1 is 1.52 bits per heavy atom. The van der Waals surface area contributed by atoms with Crippen molar-refractivity contribution >= 4 is 34.6 Å². The second-order valence-electron chi connectivity index (χ2n) is 6.23. The Balaban J connectivity index is 0.00000225. The molecule has 1 unspecified atom stereocenters. The van der Waals surface area contributed by atoms with E-state index in [4.69, 9.17) is 5.73 Å². The van der Waals surface area contributed by atoms with Crippen LogP contribution in [0.3, 0.4) is 0 Å². The van der Waals surface area contributed by atoms with E-state index < -0.39 is 0 Å². The maximum absolute atomic E-state index is 12.2. The Bertz CT molecular complexity index is 790. The number of amides is 1. The van der Waals surface area contributed by atoms with Crippen LogP contribution in [0.2, 0.25) is 0 Å². The molecule has 1 aliphatic rings. The van der Waals surface area contributed by atoms with Gasteiger partial charge >= 0.3 is 0 Å². The van der Waals surface area contributed by atoms with Crippen LogP contribution in [0.25, 0.3) is 4.96 Å². The number of thiazole rings is 1. The van der Waals surface area contributed by atoms with Crippen molar-refractivity contribution in [1.82, 2.24) is 19.6 Å². The summed E-state index contributed by atoms with van der Waals surface area (Å²) < 4.78 is 1.63. The summed E-state index contributed by atoms with van der Waals surface area (Å²) in [7, 11) is 0. The highest BCUT2D eigenvalue weighted by molar-refractivity contribution is 7.15. The van der Waals surface area contributed by atoms with Gasteiger partial charge in [0.15, 0.2) is 4.96 Å². The molecule has 0 radical (unpaired) electrons. The van der Waals surface area contributed by atoms with Crippen molar-refractivity contribution in [3.8, 4) is 0 Å². The number of piperidine rings is 1. The lowest BCUT2D eigenvalue weighted by molar-refractivity contribution is -0.126. The average Bonchev–Trinajstić information content (AvgIpc) is 2.94. The molecule has 1 fully saturated rings. The van der Waals surface area contributed by atoms with Crippen LogP contribution < -0.4 is 16.6 Å². The molecule has 0 aromatic carbocycles. The molecule has 1 aliphatic heterocycles. The number of fused-ring (bicyclic) bond motifs is 1. The van der Waals surface area contributed by atoms with Crippen molar-refractivity contribution in [2.45, 2.75) is 26.3 Å². The Hall–Kier alpha value is -1.48. The Labute approximate surface area is 156 Å². The quantitative estimate of drug-likeness (QED) is 0.793. The third-order valence-corrected chi connectivity index (χ3v) is 5.28. The molecule has 2 aromatic rings. The number of nitrogens with one attached hydrogen (secondary N) is 1. The number of hydrogen-bond acceptors (Lipinski definition) is 6. The summed E-state index contributed by atoms with van der Waals surface area (Å²) in [5, 5.41) is 4.80. The van der Waals surface area contributed by atoms with E-state index in [1.807, 2.05) is 12.3 Å². The lowest BCUT2D eigenvalue weighted by Gasteiger charge is -2.31. The van der Waals surface area contributed by atoms with Gasteiger partial charge in [-0.3, -0.25) is 18.9 Å². The van der Waals surface area contributed by atoms with E-state index in [0.717, 1.165) is 35.7 Å². The number of halogens is 1. The minimum Gasteiger partial charge on any atom is -0.355 e. The molecule has 1 atom stereocenters. The number of nitrogens with two attached hydrogens (primary N) is 1. The Morgan fingerprint density at radius 3 is 3.08 bits per heavy atom. The monoisotopic (exact) mass is 385 g/mol. The zero-order chi connectivity index (χ0) is 17.1. The molecule has 3 rings (SSSR count). The minimum atomic E-state index is -0.0389. The second-order valence-corrected chi connectivity index (χ2v) is 7.07. The first-order valence-electron chi connectivity index (χ1n) is 8.25. The third-order valence-electron chi connectivity index (χ3n) is 4.33. The van der Waals surface area contributed by atoms with Gasteiger partial charge in [-0.25, -0.2) is 4.98 Å². The van der Waals surface area contributed by atoms with E-state index in [2.05, 4.69) is 15.2 Å². The molecule has 0 saturated carbocycles. The second kappa shape index (κ2) is 8.75. The van der Waals surface area contributed by atoms with Gasteiger partial charge in [0.05, 0.1) is 11.6 Å². The normalized spacial score (nSPS) is 18.1. The number of rotatable bonds is 5. The minimum absolute atomic E-state index is 0. The number of carbonyl (C=O) groups is 1. The van der Waals surface area contributed by atoms with E-state index in [1.54, 1.807) is 10.5 Å². The molecule has 0 bridgehead atoms. The molecule has 1 amide bonds. The van der Waals surface area contributed by atoms with Gasteiger partial charge in [-0.1, -0.05) is 0 Å². The van der Waals surface area contributed by atoms with Gasteiger partial charge in [-0.15, -0.1) is 23.7 Å². The average molecular weight is 386 g/mol. The first-order chi connectivity index (χ1) is 11.6. The highest BCUT2D eigenvalue weighted by Gasteiger charge is 2.25. The Morgan fingerprint density at radius 2 is 2.32 bits per heavy atom. The largest absolute Gasteiger partial charge is 0.355 e. The molecule has 7 nitrogen and oxygen atoms in total. The molecule has 25 heavy (non-hydrogen) atoms. The van der Waals surface area contributed by atoms with Crippen molar-refractivity contribution in [3.63, 3.8) is 0 Å². The van der Waals surface area contributed by atoms with Crippen LogP contribution in [0, 0.1) is 12.8 Å². The molecule has 0 aliphatic carbocycles. The number of nitrogens with zero attached hydrogens (tertiary/aromatic N) is 3. The zero-order valence-corrected chi connectivity index (χ0v) is 15.9. The van der Waals surface area contributed by atoms with E-state index in [9.17, 15) is 9.59 Å². The summed E-state index contributed by atoms with van der Waals surface area (Å²) >= 11 is 1.48. The number of likely N-dealkylation sites (tertiary alicyclic amines) is 1. The predicted molar refractivity (Wildman–Crippen MR) is 101 cm³/mol. The highest BCUT2D eigenvalue weighted by Crippen LogP contribution is 2.19. The third kappa shape index (κ3) is 4.58. The Kier molecular flexibility index (Phi) is 6.95. The number of carbonyl (C=O) groups excluding carboxylic acids is 1. The lowest BCUT2D eigenvalue weighted by atomic mass is 9.97. The highest BCUT2D eigenvalue weighted by atomic mass is 35.5. The molecular weight excluding hydrogens is 362 g/mol. The van der Waals surface area contributed by atoms with Crippen LogP contribution in [-0.2, 0) is 11.3 Å². The smallest absolute Gasteiger partial charge is 0.259 e. The molecule has 0 spiro atoms. The fourth-order valence-corrected chi connectivity index (χ4v) is 4.05. The lowest BCUT2D eigenvalue weighted by Crippen LogP contribution is -2.43. The van der Waals surface area contributed by atoms with Crippen LogP contribution in [0.5, 0.6) is 0 Å². The number of aryl methyl sites for hydroxylation is 1. The standard InChI is InChI=1S/C16H23N5O2S.ClH/c1-11-10-24-16-19-13(7-14(22)21(11)16)9-20-6-2-3-12(8-20)15(23)18-5-4-17;/h7,10,12H,2-6,8-9,17H2,1H3,(H,18,23);1H. The van der Waals surface area contributed by atoms with Crippen LogP contribution >= 0.6 is 23.7 Å². The van der Waals surface area contributed by atoms with Crippen LogP contribution in [0.15, 0.2) is 16.2 Å². The van der Waals surface area contributed by atoms with E-state index in [-0.39, 0.29) is 29.8 Å². The summed E-state index contributed by atoms with van der Waals surface area (Å²) in [6, 6.07) is 1.60. The van der Waals surface area contributed by atoms with Crippen molar-refractivity contribution in [2.24, 2.45) is 11.7 Å². The fourth-order valence-electron chi connectivity index (χ4n) is 3.16. The number of aromatic nitrogens is 2. The van der Waals surface area contributed by atoms with Gasteiger partial charge in [0.25, 0.3) is 5.56 Å². The van der Waals surface area contributed by atoms with Crippen molar-refractivity contribution in [1.29, 1.82) is 0 Å². The topological polar surface area (TPSA) is 92.7 Å². The van der Waals surface area contributed by atoms with Gasteiger partial charge in [0.1, 0.15) is 0 Å². The zero-order valence-electron chi connectivity index (χ0n) is 14.2. The molecule has 9 heteroatoms. The SMILES string of the molecule is Cc1csc2nc(CN3CCCC(C(=O)NCCN)C3)cc(=O)n12.Cl. The van der Waals surface area contributed by atoms with E-state index in [1.165, 1.54) is 11.3 Å². The molecule has 3 heterocycles. The van der Waals surface area contributed by atoms with E-state index in [0.29, 0.717) is 26.2 Å². The summed E-state index contributed by atoms with van der Waals surface area (Å²) in [5.74, 6) is 0.0571. The summed E-state index contributed by atoms with van der Waals surface area (Å²) in [6.45, 7) is 5.09. The van der Waals surface area contributed by atoms with Crippen LogP contribution in [0.4, 0.5) is 0 Å². The van der Waals surface area contributed by atoms with Gasteiger partial charge < -0.3 is 11.1 Å². The molecular formula is C16H24ClN5O2S. The van der Waals surface area contributed by atoms with Gasteiger partial charge in [0.2, 0.25) is 5.91 Å². The predicted octanol–water partition coefficient (Wildman–Crippen LogP) is 0.773. The van der Waals surface area contributed by atoms with E-state index >= 15 is 0 Å². The van der Waals surface area contributed by atoms with Crippen molar-refractivity contribution in [3.05, 3.63) is 33.2 Å².